The number of carbonyl (C=O) groups excluding carboxylic acids is 1. The van der Waals surface area contributed by atoms with Crippen molar-refractivity contribution in [2.24, 2.45) is 7.05 Å². The summed E-state index contributed by atoms with van der Waals surface area (Å²) in [4.78, 5) is 46.1. The molecule has 0 bridgehead atoms. The maximum atomic E-state index is 13.8. The third-order valence-electron chi connectivity index (χ3n) is 6.57. The second-order valence-corrected chi connectivity index (χ2v) is 10.7. The summed E-state index contributed by atoms with van der Waals surface area (Å²) in [5.74, 6) is 5.69. The molecule has 3 aromatic rings. The average molecular weight is 550 g/mol. The van der Waals surface area contributed by atoms with Crippen molar-refractivity contribution in [3.05, 3.63) is 56.0 Å². The normalized spacial score (nSPS) is 15.3. The predicted molar refractivity (Wildman–Crippen MR) is 148 cm³/mol. The van der Waals surface area contributed by atoms with Crippen molar-refractivity contribution in [3.8, 4) is 17.9 Å². The first-order valence-corrected chi connectivity index (χ1v) is 13.0. The lowest BCUT2D eigenvalue weighted by Crippen LogP contribution is -2.49. The number of nitrogens with one attached hydrogen (secondary N) is 1. The Labute approximate surface area is 230 Å². The standard InChI is InChI=1S/C28H32FN7O4/c1-6-7-13-35-22-23(32-25(35)34-12-8-9-21(17-34)31-26(38)40-28(2,3)4)33(5)27(39)36(24(22)37)16-18-10-11-20(29)14-19(18)15-30/h10-11,14,21H,8-9,12-13,16-17H2,1-5H3,(H,31,38)/t21-/m1/s1. The van der Waals surface area contributed by atoms with Crippen LogP contribution in [-0.4, -0.2) is 49.5 Å². The number of amides is 1. The minimum Gasteiger partial charge on any atom is -0.444 e. The smallest absolute Gasteiger partial charge is 0.407 e. The van der Waals surface area contributed by atoms with Gasteiger partial charge in [-0.05, 0) is 58.2 Å². The van der Waals surface area contributed by atoms with Gasteiger partial charge < -0.3 is 15.0 Å². The average Bonchev–Trinajstić information content (AvgIpc) is 3.28. The van der Waals surface area contributed by atoms with Crippen LogP contribution < -0.4 is 21.5 Å². The van der Waals surface area contributed by atoms with E-state index in [4.69, 9.17) is 9.72 Å². The Morgan fingerprint density at radius 2 is 2.02 bits per heavy atom. The van der Waals surface area contributed by atoms with E-state index in [0.29, 0.717) is 24.6 Å². The van der Waals surface area contributed by atoms with Crippen molar-refractivity contribution in [3.63, 3.8) is 0 Å². The number of rotatable bonds is 5. The molecule has 1 aliphatic heterocycles. The maximum Gasteiger partial charge on any atom is 0.407 e. The molecule has 1 fully saturated rings. The zero-order valence-corrected chi connectivity index (χ0v) is 23.2. The van der Waals surface area contributed by atoms with Gasteiger partial charge in [0.15, 0.2) is 11.2 Å². The van der Waals surface area contributed by atoms with E-state index in [9.17, 15) is 24.0 Å². The van der Waals surface area contributed by atoms with E-state index in [0.717, 1.165) is 23.5 Å². The molecule has 1 aliphatic rings. The number of fused-ring (bicyclic) bond motifs is 1. The van der Waals surface area contributed by atoms with Gasteiger partial charge in [-0.2, -0.15) is 10.2 Å². The highest BCUT2D eigenvalue weighted by atomic mass is 19.1. The van der Waals surface area contributed by atoms with Gasteiger partial charge in [-0.15, -0.1) is 5.92 Å². The molecule has 0 saturated carbocycles. The first-order valence-electron chi connectivity index (χ1n) is 13.0. The SMILES string of the molecule is CC#CCn1c(N2CCC[C@@H](NC(=O)OC(C)(C)C)C2)nc2c1c(=O)n(Cc1ccc(F)cc1C#N)c(=O)n2C. The Morgan fingerprint density at radius 1 is 1.27 bits per heavy atom. The number of ether oxygens (including phenoxy) is 1. The fourth-order valence-corrected chi connectivity index (χ4v) is 4.76. The Hall–Kier alpha value is -4.58. The van der Waals surface area contributed by atoms with Crippen LogP contribution in [0.25, 0.3) is 11.2 Å². The summed E-state index contributed by atoms with van der Waals surface area (Å²) in [6.07, 6.45) is 0.996. The van der Waals surface area contributed by atoms with Crippen LogP contribution in [0.1, 0.15) is 51.7 Å². The molecular formula is C28H32FN7O4. The predicted octanol–water partition coefficient (Wildman–Crippen LogP) is 2.47. The van der Waals surface area contributed by atoms with Gasteiger partial charge in [-0.25, -0.2) is 14.0 Å². The number of carbonyl (C=O) groups is 1. The molecule has 4 rings (SSSR count). The fourth-order valence-electron chi connectivity index (χ4n) is 4.76. The van der Waals surface area contributed by atoms with Crippen molar-refractivity contribution in [1.29, 1.82) is 5.26 Å². The van der Waals surface area contributed by atoms with Gasteiger partial charge in [0, 0.05) is 26.2 Å². The van der Waals surface area contributed by atoms with Crippen molar-refractivity contribution < 1.29 is 13.9 Å². The number of alkyl carbamates (subject to hydrolysis) is 1. The van der Waals surface area contributed by atoms with Crippen molar-refractivity contribution in [2.45, 2.75) is 65.3 Å². The van der Waals surface area contributed by atoms with Crippen LogP contribution in [0.4, 0.5) is 15.1 Å². The third-order valence-corrected chi connectivity index (χ3v) is 6.57. The van der Waals surface area contributed by atoms with Gasteiger partial charge in [0.05, 0.1) is 24.7 Å². The molecule has 3 heterocycles. The Balaban J connectivity index is 1.78. The topological polar surface area (TPSA) is 127 Å². The van der Waals surface area contributed by atoms with Gasteiger partial charge >= 0.3 is 11.8 Å². The van der Waals surface area contributed by atoms with E-state index < -0.39 is 28.8 Å². The highest BCUT2D eigenvalue weighted by molar-refractivity contribution is 5.75. The lowest BCUT2D eigenvalue weighted by molar-refractivity contribution is 0.0499. The van der Waals surface area contributed by atoms with Crippen molar-refractivity contribution in [2.75, 3.05) is 18.0 Å². The second kappa shape index (κ2) is 11.3. The minimum absolute atomic E-state index is 0.0388. The van der Waals surface area contributed by atoms with Crippen LogP contribution in [0.15, 0.2) is 27.8 Å². The summed E-state index contributed by atoms with van der Waals surface area (Å²) >= 11 is 0. The molecular weight excluding hydrogens is 517 g/mol. The second-order valence-electron chi connectivity index (χ2n) is 10.7. The van der Waals surface area contributed by atoms with Crippen LogP contribution in [0, 0.1) is 29.0 Å². The number of anilines is 1. The Kier molecular flexibility index (Phi) is 8.01. The van der Waals surface area contributed by atoms with E-state index in [-0.39, 0.29) is 35.9 Å². The van der Waals surface area contributed by atoms with E-state index in [2.05, 4.69) is 17.2 Å². The maximum absolute atomic E-state index is 13.8. The van der Waals surface area contributed by atoms with E-state index in [1.54, 1.807) is 32.3 Å². The molecule has 2 aromatic heterocycles. The molecule has 0 radical (unpaired) electrons. The van der Waals surface area contributed by atoms with E-state index >= 15 is 0 Å². The van der Waals surface area contributed by atoms with Crippen LogP contribution >= 0.6 is 0 Å². The van der Waals surface area contributed by atoms with Crippen LogP contribution in [0.5, 0.6) is 0 Å². The molecule has 1 N–H and O–H groups in total. The fraction of sp³-hybridized carbons (Fsp3) is 0.464. The molecule has 1 atom stereocenters. The minimum atomic E-state index is -0.627. The summed E-state index contributed by atoms with van der Waals surface area (Å²) in [6, 6.07) is 5.35. The number of piperidine rings is 1. The first kappa shape index (κ1) is 28.4. The monoisotopic (exact) mass is 549 g/mol. The van der Waals surface area contributed by atoms with Crippen LogP contribution in [0.3, 0.4) is 0 Å². The number of imidazole rings is 1. The Morgan fingerprint density at radius 3 is 2.70 bits per heavy atom. The van der Waals surface area contributed by atoms with Crippen LogP contribution in [0.2, 0.25) is 0 Å². The lowest BCUT2D eigenvalue weighted by Gasteiger charge is -2.34. The molecule has 0 aliphatic carbocycles. The quantitative estimate of drug-likeness (QED) is 0.485. The van der Waals surface area contributed by atoms with E-state index in [1.165, 1.54) is 23.7 Å². The molecule has 0 spiro atoms. The van der Waals surface area contributed by atoms with Crippen molar-refractivity contribution >= 4 is 23.2 Å². The molecule has 12 heteroatoms. The van der Waals surface area contributed by atoms with Crippen LogP contribution in [-0.2, 0) is 24.9 Å². The third kappa shape index (κ3) is 5.86. The Bertz CT molecular complexity index is 1680. The van der Waals surface area contributed by atoms with Gasteiger partial charge in [0.25, 0.3) is 5.56 Å². The summed E-state index contributed by atoms with van der Waals surface area (Å²) in [5.41, 5.74) is -1.08. The zero-order chi connectivity index (χ0) is 29.2. The first-order chi connectivity index (χ1) is 18.9. The number of nitriles is 1. The number of hydrogen-bond acceptors (Lipinski definition) is 7. The largest absolute Gasteiger partial charge is 0.444 e. The summed E-state index contributed by atoms with van der Waals surface area (Å²) in [6.45, 7) is 8.06. The number of hydrogen-bond donors (Lipinski definition) is 1. The van der Waals surface area contributed by atoms with Gasteiger partial charge in [-0.1, -0.05) is 12.0 Å². The van der Waals surface area contributed by atoms with Crippen molar-refractivity contribution in [1.82, 2.24) is 24.0 Å². The molecule has 40 heavy (non-hydrogen) atoms. The summed E-state index contributed by atoms with van der Waals surface area (Å²) in [7, 11) is 1.52. The highest BCUT2D eigenvalue weighted by Gasteiger charge is 2.29. The van der Waals surface area contributed by atoms with Gasteiger partial charge in [0.1, 0.15) is 11.4 Å². The molecule has 210 valence electrons. The summed E-state index contributed by atoms with van der Waals surface area (Å²) in [5, 5.41) is 12.4. The van der Waals surface area contributed by atoms with E-state index in [1.807, 2.05) is 11.0 Å². The number of benzene rings is 1. The number of nitrogens with zero attached hydrogens (tertiary/aromatic N) is 6. The number of aryl methyl sites for hydroxylation is 1. The number of aromatic nitrogens is 4. The number of halogens is 1. The zero-order valence-electron chi connectivity index (χ0n) is 23.2. The molecule has 1 saturated heterocycles. The molecule has 0 unspecified atom stereocenters. The molecule has 11 nitrogen and oxygen atoms in total. The molecule has 1 aromatic carbocycles. The molecule has 1 amide bonds. The summed E-state index contributed by atoms with van der Waals surface area (Å²) < 4.78 is 23.1. The van der Waals surface area contributed by atoms with Gasteiger partial charge in [-0.3, -0.25) is 18.5 Å². The lowest BCUT2D eigenvalue weighted by atomic mass is 10.1. The highest BCUT2D eigenvalue weighted by Crippen LogP contribution is 2.24. The van der Waals surface area contributed by atoms with Gasteiger partial charge in [0.2, 0.25) is 5.95 Å².